The van der Waals surface area contributed by atoms with Gasteiger partial charge in [-0.05, 0) is 44.7 Å². The van der Waals surface area contributed by atoms with Crippen molar-refractivity contribution < 1.29 is 18.8 Å². The molecule has 2 atom stereocenters. The van der Waals surface area contributed by atoms with Gasteiger partial charge in [-0.2, -0.15) is 0 Å². The monoisotopic (exact) mass is 386 g/mol. The molecule has 0 aromatic carbocycles. The summed E-state index contributed by atoms with van der Waals surface area (Å²) in [5.41, 5.74) is 1.02. The van der Waals surface area contributed by atoms with Crippen molar-refractivity contribution in [3.05, 3.63) is 17.8 Å². The molecule has 1 aromatic heterocycles. The van der Waals surface area contributed by atoms with Crippen molar-refractivity contribution in [1.82, 2.24) is 9.71 Å². The summed E-state index contributed by atoms with van der Waals surface area (Å²) in [6, 6.07) is 2.03. The molecular weight excluding hydrogens is 352 g/mol. The molecule has 6 nitrogen and oxygen atoms in total. The molecule has 0 spiro atoms. The molecule has 7 heteroatoms. The highest BCUT2D eigenvalue weighted by Gasteiger charge is 2.30. The van der Waals surface area contributed by atoms with Crippen molar-refractivity contribution in [3.63, 3.8) is 0 Å². The second-order valence-corrected chi connectivity index (χ2v) is 9.60. The summed E-state index contributed by atoms with van der Waals surface area (Å²) in [5.74, 6) is 1.42. The van der Waals surface area contributed by atoms with Gasteiger partial charge in [-0.25, -0.2) is 4.98 Å². The van der Waals surface area contributed by atoms with Crippen LogP contribution in [0.25, 0.3) is 0 Å². The van der Waals surface area contributed by atoms with Crippen LogP contribution >= 0.6 is 0 Å². The Morgan fingerprint density at radius 1 is 1.23 bits per heavy atom. The highest BCUT2D eigenvalue weighted by atomic mass is 32.2. The maximum absolute atomic E-state index is 12.5. The lowest BCUT2D eigenvalue weighted by Crippen LogP contribution is -2.47. The van der Waals surface area contributed by atoms with Gasteiger partial charge in [-0.15, -0.1) is 4.72 Å². The van der Waals surface area contributed by atoms with Crippen LogP contribution in [0.3, 0.4) is 0 Å². The van der Waals surface area contributed by atoms with Crippen LogP contribution in [0.2, 0.25) is 0 Å². The highest BCUT2D eigenvalue weighted by Crippen LogP contribution is 2.27. The molecule has 0 amide bonds. The number of ether oxygens (including phenoxy) is 3. The Morgan fingerprint density at radius 3 is 2.46 bits per heavy atom. The fraction of sp³-hybridized carbons (Fsp3) is 0.737. The lowest BCUT2D eigenvalue weighted by molar-refractivity contribution is 0.170. The molecule has 0 aliphatic heterocycles. The zero-order valence-corrected chi connectivity index (χ0v) is 17.9. The Morgan fingerprint density at radius 2 is 1.92 bits per heavy atom. The molecule has 0 aliphatic rings. The summed E-state index contributed by atoms with van der Waals surface area (Å²) in [6.45, 7) is 11.3. The molecule has 1 N–H and O–H groups in total. The van der Waals surface area contributed by atoms with Crippen molar-refractivity contribution in [1.29, 1.82) is 0 Å². The molecule has 0 fully saturated rings. The first-order valence-corrected chi connectivity index (χ1v) is 10.2. The first kappa shape index (κ1) is 23.0. The average Bonchev–Trinajstić information content (AvgIpc) is 2.57. The van der Waals surface area contributed by atoms with E-state index in [1.54, 1.807) is 20.4 Å². The number of hydrogen-bond donors (Lipinski definition) is 1. The van der Waals surface area contributed by atoms with Gasteiger partial charge in [-0.3, -0.25) is 0 Å². The number of aromatic nitrogens is 1. The summed E-state index contributed by atoms with van der Waals surface area (Å²) in [6.07, 6.45) is 3.30. The predicted molar refractivity (Wildman–Crippen MR) is 106 cm³/mol. The molecule has 1 aromatic rings. The van der Waals surface area contributed by atoms with Crippen LogP contribution in [0.1, 0.15) is 46.6 Å². The third-order valence-corrected chi connectivity index (χ3v) is 5.52. The van der Waals surface area contributed by atoms with Gasteiger partial charge in [0.15, 0.2) is 5.75 Å². The number of hydrogen-bond acceptors (Lipinski definition) is 6. The van der Waals surface area contributed by atoms with Gasteiger partial charge in [-0.1, -0.05) is 13.8 Å². The van der Waals surface area contributed by atoms with Crippen LogP contribution in [0.15, 0.2) is 12.3 Å². The molecule has 1 unspecified atom stereocenters. The summed E-state index contributed by atoms with van der Waals surface area (Å²) >= 11 is -1.12. The van der Waals surface area contributed by atoms with Gasteiger partial charge in [0, 0.05) is 37.7 Å². The van der Waals surface area contributed by atoms with Crippen LogP contribution in [-0.2, 0) is 22.5 Å². The number of nitrogens with zero attached hydrogens (tertiary/aromatic N) is 1. The van der Waals surface area contributed by atoms with E-state index >= 15 is 0 Å². The predicted octanol–water partition coefficient (Wildman–Crippen LogP) is 3.12. The molecular formula is C19H34N2O4S. The molecule has 150 valence electrons. The topological polar surface area (TPSA) is 75.7 Å². The summed E-state index contributed by atoms with van der Waals surface area (Å²) in [7, 11) is 3.25. The van der Waals surface area contributed by atoms with Crippen molar-refractivity contribution in [2.45, 2.75) is 58.2 Å². The van der Waals surface area contributed by atoms with Crippen LogP contribution in [0, 0.1) is 5.92 Å². The lowest BCUT2D eigenvalue weighted by atomic mass is 9.98. The number of nitrogens with one attached hydrogen (secondary N) is 1. The van der Waals surface area contributed by atoms with Gasteiger partial charge >= 0.3 is 0 Å². The van der Waals surface area contributed by atoms with E-state index in [-0.39, 0.29) is 10.8 Å². The van der Waals surface area contributed by atoms with Crippen LogP contribution < -0.4 is 14.2 Å². The maximum atomic E-state index is 12.5. The Balaban J connectivity index is 2.84. The van der Waals surface area contributed by atoms with E-state index in [2.05, 4.69) is 23.6 Å². The van der Waals surface area contributed by atoms with Gasteiger partial charge in [0.25, 0.3) is 5.88 Å². The van der Waals surface area contributed by atoms with E-state index in [1.165, 1.54) is 0 Å². The quantitative estimate of drug-likeness (QED) is 0.465. The molecule has 0 saturated heterocycles. The molecule has 0 aliphatic carbocycles. The van der Waals surface area contributed by atoms with E-state index < -0.39 is 11.4 Å². The SMILES string of the molecule is COCCCOc1cc(CC(N[S@@+]([O-])C(C)(C)C)C(C)C)cnc1OC. The number of rotatable bonds is 11. The third kappa shape index (κ3) is 7.70. The van der Waals surface area contributed by atoms with Crippen molar-refractivity contribution in [2.75, 3.05) is 27.4 Å². The summed E-state index contributed by atoms with van der Waals surface area (Å²) in [5, 5.41) is 0. The van der Waals surface area contributed by atoms with Crippen molar-refractivity contribution in [3.8, 4) is 11.6 Å². The number of pyridine rings is 1. The van der Waals surface area contributed by atoms with Crippen LogP contribution in [-0.4, -0.2) is 47.8 Å². The summed E-state index contributed by atoms with van der Waals surface area (Å²) in [4.78, 5) is 4.35. The van der Waals surface area contributed by atoms with Gasteiger partial charge in [0.1, 0.15) is 4.75 Å². The minimum atomic E-state index is -1.12. The van der Waals surface area contributed by atoms with E-state index in [0.717, 1.165) is 12.0 Å². The zero-order chi connectivity index (χ0) is 19.7. The largest absolute Gasteiger partial charge is 0.598 e. The minimum Gasteiger partial charge on any atom is -0.598 e. The van der Waals surface area contributed by atoms with Gasteiger partial charge < -0.3 is 18.8 Å². The van der Waals surface area contributed by atoms with E-state index in [4.69, 9.17) is 14.2 Å². The smallest absolute Gasteiger partial charge is 0.256 e. The first-order chi connectivity index (χ1) is 12.2. The van der Waals surface area contributed by atoms with E-state index in [0.29, 0.717) is 37.2 Å². The second kappa shape index (κ2) is 11.0. The molecule has 26 heavy (non-hydrogen) atoms. The van der Waals surface area contributed by atoms with E-state index in [1.807, 2.05) is 26.8 Å². The van der Waals surface area contributed by atoms with Gasteiger partial charge in [0.05, 0.1) is 19.8 Å². The normalized spacial score (nSPS) is 14.3. The standard InChI is InChI=1S/C19H34N2O4S/c1-14(2)16(21-26(22)19(3,4)5)11-15-12-17(18(24-7)20-13-15)25-10-8-9-23-6/h12-14,16,21H,8-11H2,1-7H3/t16?,26-/m0/s1. The minimum absolute atomic E-state index is 0.0756. The third-order valence-electron chi connectivity index (χ3n) is 3.89. The second-order valence-electron chi connectivity index (χ2n) is 7.60. The molecule has 1 rings (SSSR count). The first-order valence-electron chi connectivity index (χ1n) is 9.01. The average molecular weight is 387 g/mol. The Labute approximate surface area is 161 Å². The van der Waals surface area contributed by atoms with E-state index in [9.17, 15) is 4.55 Å². The fourth-order valence-electron chi connectivity index (χ4n) is 2.21. The maximum Gasteiger partial charge on any atom is 0.256 e. The fourth-order valence-corrected chi connectivity index (χ4v) is 3.19. The van der Waals surface area contributed by atoms with Crippen molar-refractivity contribution >= 4 is 11.4 Å². The molecule has 1 heterocycles. The van der Waals surface area contributed by atoms with Gasteiger partial charge in [0.2, 0.25) is 0 Å². The molecule has 0 bridgehead atoms. The van der Waals surface area contributed by atoms with Crippen LogP contribution in [0.4, 0.5) is 0 Å². The lowest BCUT2D eigenvalue weighted by Gasteiger charge is -2.29. The van der Waals surface area contributed by atoms with Crippen molar-refractivity contribution in [2.24, 2.45) is 5.92 Å². The van der Waals surface area contributed by atoms with Crippen LogP contribution in [0.5, 0.6) is 11.6 Å². The highest BCUT2D eigenvalue weighted by molar-refractivity contribution is 7.90. The molecule has 0 saturated carbocycles. The summed E-state index contributed by atoms with van der Waals surface area (Å²) < 4.78 is 31.6. The Bertz CT molecular complexity index is 535. The Hall–Kier alpha value is -1.02. The Kier molecular flexibility index (Phi) is 9.71. The molecule has 0 radical (unpaired) electrons. The zero-order valence-electron chi connectivity index (χ0n) is 17.1. The number of methoxy groups -OCH3 is 2.